The lowest BCUT2D eigenvalue weighted by Gasteiger charge is -2.11. The summed E-state index contributed by atoms with van der Waals surface area (Å²) in [6.45, 7) is 3.84. The lowest BCUT2D eigenvalue weighted by atomic mass is 10.1. The third-order valence-corrected chi connectivity index (χ3v) is 7.38. The van der Waals surface area contributed by atoms with E-state index < -0.39 is 5.25 Å². The van der Waals surface area contributed by atoms with Crippen molar-refractivity contribution in [2.75, 3.05) is 5.32 Å². The smallest absolute Gasteiger partial charge is 0.238 e. The molecule has 1 aliphatic rings. The van der Waals surface area contributed by atoms with Gasteiger partial charge in [-0.2, -0.15) is 9.94 Å². The summed E-state index contributed by atoms with van der Waals surface area (Å²) in [6.07, 6.45) is 5.33. The first-order valence-corrected chi connectivity index (χ1v) is 11.6. The van der Waals surface area contributed by atoms with Gasteiger partial charge >= 0.3 is 0 Å². The molecule has 1 atom stereocenters. The van der Waals surface area contributed by atoms with Crippen molar-refractivity contribution in [1.29, 1.82) is 5.26 Å². The number of amides is 1. The predicted octanol–water partition coefficient (Wildman–Crippen LogP) is 4.29. The van der Waals surface area contributed by atoms with Gasteiger partial charge in [-0.25, -0.2) is 0 Å². The predicted molar refractivity (Wildman–Crippen MR) is 118 cm³/mol. The number of hydrogen-bond acceptors (Lipinski definition) is 7. The Morgan fingerprint density at radius 3 is 2.80 bits per heavy atom. The fourth-order valence-electron chi connectivity index (χ4n) is 3.47. The number of aromatic nitrogens is 4. The summed E-state index contributed by atoms with van der Waals surface area (Å²) >= 11 is 2.84. The molecule has 1 aromatic carbocycles. The molecule has 30 heavy (non-hydrogen) atoms. The van der Waals surface area contributed by atoms with E-state index in [-0.39, 0.29) is 5.91 Å². The molecule has 3 aromatic rings. The van der Waals surface area contributed by atoms with Crippen LogP contribution in [0.5, 0.6) is 0 Å². The van der Waals surface area contributed by atoms with E-state index in [0.717, 1.165) is 42.5 Å². The number of aryl methyl sites for hydroxylation is 2. The van der Waals surface area contributed by atoms with Crippen LogP contribution in [0.4, 0.5) is 5.00 Å². The van der Waals surface area contributed by atoms with Crippen LogP contribution in [0, 0.1) is 18.3 Å². The summed E-state index contributed by atoms with van der Waals surface area (Å²) in [4.78, 5) is 14.1. The minimum atomic E-state index is -0.423. The zero-order chi connectivity index (χ0) is 21.1. The zero-order valence-corrected chi connectivity index (χ0v) is 18.5. The van der Waals surface area contributed by atoms with Gasteiger partial charge in [-0.05, 0) is 67.7 Å². The molecule has 2 heterocycles. The van der Waals surface area contributed by atoms with Gasteiger partial charge in [0.1, 0.15) is 11.1 Å². The van der Waals surface area contributed by atoms with Crippen LogP contribution >= 0.6 is 23.1 Å². The van der Waals surface area contributed by atoms with Gasteiger partial charge in [0, 0.05) is 4.88 Å². The van der Waals surface area contributed by atoms with E-state index in [1.54, 1.807) is 16.0 Å². The standard InChI is InChI=1S/C21H22N6OS2/c1-13-8-10-15(11-9-13)27-21(24-25-26-27)29-14(2)19(28)23-20-17(12-22)16-6-4-3-5-7-18(16)30-20/h8-11,14H,3-7H2,1-2H3,(H,23,28). The lowest BCUT2D eigenvalue weighted by Crippen LogP contribution is -2.23. The van der Waals surface area contributed by atoms with Gasteiger partial charge in [0.05, 0.1) is 16.5 Å². The molecule has 4 rings (SSSR count). The Morgan fingerprint density at radius 1 is 1.27 bits per heavy atom. The van der Waals surface area contributed by atoms with Gasteiger partial charge in [-0.15, -0.1) is 16.4 Å². The maximum Gasteiger partial charge on any atom is 0.238 e. The number of thioether (sulfide) groups is 1. The normalized spacial score (nSPS) is 14.4. The van der Waals surface area contributed by atoms with Crippen molar-refractivity contribution >= 4 is 34.0 Å². The molecule has 0 saturated carbocycles. The van der Waals surface area contributed by atoms with E-state index in [1.165, 1.54) is 23.1 Å². The lowest BCUT2D eigenvalue weighted by molar-refractivity contribution is -0.115. The quantitative estimate of drug-likeness (QED) is 0.471. The summed E-state index contributed by atoms with van der Waals surface area (Å²) in [5.74, 6) is -0.161. The van der Waals surface area contributed by atoms with Crippen molar-refractivity contribution in [2.45, 2.75) is 56.4 Å². The Bertz CT molecular complexity index is 1100. The monoisotopic (exact) mass is 438 g/mol. The molecule has 9 heteroatoms. The number of tetrazole rings is 1. The maximum absolute atomic E-state index is 12.9. The molecule has 0 aliphatic heterocycles. The van der Waals surface area contributed by atoms with E-state index in [1.807, 2.05) is 38.1 Å². The molecule has 2 aromatic heterocycles. The fraction of sp³-hybridized carbons (Fsp3) is 0.381. The fourth-order valence-corrected chi connectivity index (χ4v) is 5.52. The number of nitrogens with one attached hydrogen (secondary N) is 1. The van der Waals surface area contributed by atoms with E-state index >= 15 is 0 Å². The van der Waals surface area contributed by atoms with Crippen molar-refractivity contribution in [2.24, 2.45) is 0 Å². The summed E-state index contributed by atoms with van der Waals surface area (Å²) in [5, 5.41) is 25.3. The highest BCUT2D eigenvalue weighted by Gasteiger charge is 2.24. The van der Waals surface area contributed by atoms with Crippen LogP contribution in [0.1, 0.15) is 47.8 Å². The molecule has 0 saturated heterocycles. The van der Waals surface area contributed by atoms with E-state index in [0.29, 0.717) is 15.7 Å². The molecule has 1 amide bonds. The average molecular weight is 439 g/mol. The Morgan fingerprint density at radius 2 is 2.03 bits per heavy atom. The highest BCUT2D eigenvalue weighted by atomic mass is 32.2. The van der Waals surface area contributed by atoms with E-state index in [4.69, 9.17) is 0 Å². The van der Waals surface area contributed by atoms with Gasteiger partial charge in [0.2, 0.25) is 11.1 Å². The highest BCUT2D eigenvalue weighted by molar-refractivity contribution is 8.00. The summed E-state index contributed by atoms with van der Waals surface area (Å²) < 4.78 is 1.63. The second kappa shape index (κ2) is 8.98. The summed E-state index contributed by atoms with van der Waals surface area (Å²) in [5.41, 5.74) is 3.75. The van der Waals surface area contributed by atoms with Crippen molar-refractivity contribution in [1.82, 2.24) is 20.2 Å². The van der Waals surface area contributed by atoms with Crippen LogP contribution in [0.25, 0.3) is 5.69 Å². The first-order valence-electron chi connectivity index (χ1n) is 9.94. The summed E-state index contributed by atoms with van der Waals surface area (Å²) in [6, 6.07) is 10.2. The number of anilines is 1. The number of hydrogen-bond donors (Lipinski definition) is 1. The first kappa shape index (κ1) is 20.6. The van der Waals surface area contributed by atoms with Gasteiger partial charge in [0.25, 0.3) is 0 Å². The molecular formula is C21H22N6OS2. The topological polar surface area (TPSA) is 96.5 Å². The number of nitriles is 1. The molecular weight excluding hydrogens is 416 g/mol. The number of carbonyl (C=O) groups is 1. The second-order valence-corrected chi connectivity index (χ2v) is 9.75. The van der Waals surface area contributed by atoms with Crippen molar-refractivity contribution < 1.29 is 4.79 Å². The third-order valence-electron chi connectivity index (χ3n) is 5.14. The summed E-state index contributed by atoms with van der Waals surface area (Å²) in [7, 11) is 0. The van der Waals surface area contributed by atoms with E-state index in [9.17, 15) is 10.1 Å². The van der Waals surface area contributed by atoms with Crippen LogP contribution < -0.4 is 5.32 Å². The SMILES string of the molecule is Cc1ccc(-n2nnnc2SC(C)C(=O)Nc2sc3c(c2C#N)CCCCC3)cc1. The molecule has 1 unspecified atom stereocenters. The van der Waals surface area contributed by atoms with Crippen molar-refractivity contribution in [3.63, 3.8) is 0 Å². The zero-order valence-electron chi connectivity index (χ0n) is 16.9. The first-order chi connectivity index (χ1) is 14.6. The Kier molecular flexibility index (Phi) is 6.16. The second-order valence-electron chi connectivity index (χ2n) is 7.34. The number of benzene rings is 1. The Labute approximate surface area is 183 Å². The van der Waals surface area contributed by atoms with Crippen LogP contribution in [-0.4, -0.2) is 31.4 Å². The molecule has 154 valence electrons. The van der Waals surface area contributed by atoms with Crippen LogP contribution in [-0.2, 0) is 17.6 Å². The third kappa shape index (κ3) is 4.25. The minimum Gasteiger partial charge on any atom is -0.316 e. The number of fused-ring (bicyclic) bond motifs is 1. The average Bonchev–Trinajstić information content (AvgIpc) is 3.25. The molecule has 0 radical (unpaired) electrons. The largest absolute Gasteiger partial charge is 0.316 e. The van der Waals surface area contributed by atoms with Crippen LogP contribution in [0.2, 0.25) is 0 Å². The van der Waals surface area contributed by atoms with Crippen LogP contribution in [0.15, 0.2) is 29.4 Å². The maximum atomic E-state index is 12.9. The Hall–Kier alpha value is -2.70. The van der Waals surface area contributed by atoms with Gasteiger partial charge < -0.3 is 5.32 Å². The number of carbonyl (C=O) groups excluding carboxylic acids is 1. The Balaban J connectivity index is 1.49. The van der Waals surface area contributed by atoms with Crippen molar-refractivity contribution in [3.8, 4) is 11.8 Å². The molecule has 0 fully saturated rings. The van der Waals surface area contributed by atoms with Gasteiger partial charge in [-0.3, -0.25) is 4.79 Å². The number of thiophene rings is 1. The van der Waals surface area contributed by atoms with Crippen molar-refractivity contribution in [3.05, 3.63) is 45.8 Å². The van der Waals surface area contributed by atoms with Gasteiger partial charge in [0.15, 0.2) is 0 Å². The molecule has 0 bridgehead atoms. The molecule has 1 aliphatic carbocycles. The molecule has 7 nitrogen and oxygen atoms in total. The molecule has 0 spiro atoms. The van der Waals surface area contributed by atoms with Crippen LogP contribution in [0.3, 0.4) is 0 Å². The van der Waals surface area contributed by atoms with Gasteiger partial charge in [-0.1, -0.05) is 35.9 Å². The number of nitrogens with zero attached hydrogens (tertiary/aromatic N) is 5. The molecule has 1 N–H and O–H groups in total. The number of rotatable bonds is 5. The van der Waals surface area contributed by atoms with E-state index in [2.05, 4.69) is 26.9 Å². The highest BCUT2D eigenvalue weighted by Crippen LogP contribution is 2.37. The minimum absolute atomic E-state index is 0.161.